The van der Waals surface area contributed by atoms with E-state index >= 15 is 0 Å². The molecule has 152 valence electrons. The molecule has 7 heteroatoms. The van der Waals surface area contributed by atoms with E-state index in [-0.39, 0.29) is 5.57 Å². The van der Waals surface area contributed by atoms with E-state index in [4.69, 9.17) is 9.47 Å². The summed E-state index contributed by atoms with van der Waals surface area (Å²) in [7, 11) is 0. The summed E-state index contributed by atoms with van der Waals surface area (Å²) in [5, 5.41) is 12.2. The summed E-state index contributed by atoms with van der Waals surface area (Å²) >= 11 is 6.98. The van der Waals surface area contributed by atoms with Crippen LogP contribution < -0.4 is 14.8 Å². The minimum absolute atomic E-state index is 0.00599. The van der Waals surface area contributed by atoms with Gasteiger partial charge in [0.2, 0.25) is 0 Å². The molecule has 0 unspecified atom stereocenters. The number of benzene rings is 2. The number of ether oxygens (including phenoxy) is 2. The van der Waals surface area contributed by atoms with Gasteiger partial charge in [-0.2, -0.15) is 5.26 Å². The topological polar surface area (TPSA) is 71.3 Å². The Kier molecular flexibility index (Phi) is 8.74. The van der Waals surface area contributed by atoms with E-state index in [0.29, 0.717) is 36.1 Å². The Morgan fingerprint density at radius 3 is 2.31 bits per heavy atom. The van der Waals surface area contributed by atoms with Crippen LogP contribution in [0.1, 0.15) is 26.3 Å². The second-order valence-electron chi connectivity index (χ2n) is 6.60. The molecule has 0 atom stereocenters. The molecule has 2 rings (SSSR count). The van der Waals surface area contributed by atoms with E-state index in [1.807, 2.05) is 25.1 Å². The highest BCUT2D eigenvalue weighted by Gasteiger charge is 2.13. The van der Waals surface area contributed by atoms with Crippen molar-refractivity contribution in [1.82, 2.24) is 0 Å². The summed E-state index contributed by atoms with van der Waals surface area (Å²) in [6.45, 7) is 7.20. The van der Waals surface area contributed by atoms with Gasteiger partial charge in [-0.05, 0) is 92.7 Å². The molecule has 0 bridgehead atoms. The number of nitrogens with one attached hydrogen (secondary N) is 1. The highest BCUT2D eigenvalue weighted by molar-refractivity contribution is 9.11. The predicted molar refractivity (Wildman–Crippen MR) is 122 cm³/mol. The molecule has 5 nitrogen and oxygen atoms in total. The van der Waals surface area contributed by atoms with Crippen molar-refractivity contribution in [2.45, 2.75) is 20.8 Å². The molecule has 29 heavy (non-hydrogen) atoms. The highest BCUT2D eigenvalue weighted by Crippen LogP contribution is 2.35. The number of anilines is 1. The average Bonchev–Trinajstić information content (AvgIpc) is 2.67. The van der Waals surface area contributed by atoms with Crippen molar-refractivity contribution < 1.29 is 14.3 Å². The molecule has 0 heterocycles. The van der Waals surface area contributed by atoms with Crippen LogP contribution in [0.3, 0.4) is 0 Å². The van der Waals surface area contributed by atoms with Gasteiger partial charge in [-0.15, -0.1) is 0 Å². The fraction of sp³-hybridized carbons (Fsp3) is 0.273. The summed E-state index contributed by atoms with van der Waals surface area (Å²) in [4.78, 5) is 12.5. The highest BCUT2D eigenvalue weighted by atomic mass is 79.9. The second-order valence-corrected chi connectivity index (χ2v) is 8.31. The van der Waals surface area contributed by atoms with Crippen LogP contribution >= 0.6 is 31.9 Å². The molecule has 1 N–H and O–H groups in total. The number of hydrogen-bond donors (Lipinski definition) is 1. The second kappa shape index (κ2) is 11.0. The standard InChI is InChI=1S/C22H22Br2N2O3/c1-4-28-18-7-5-17(6-8-18)26-22(27)16(12-25)9-15-10-19(23)21(20(24)11-15)29-13-14(2)3/h5-11,14H,4,13H2,1-3H3,(H,26,27)/b16-9+. The molecule has 0 saturated carbocycles. The van der Waals surface area contributed by atoms with Crippen molar-refractivity contribution in [3.05, 3.63) is 56.5 Å². The summed E-state index contributed by atoms with van der Waals surface area (Å²) in [5.41, 5.74) is 1.27. The summed E-state index contributed by atoms with van der Waals surface area (Å²) in [5.74, 6) is 1.32. The maximum Gasteiger partial charge on any atom is 0.266 e. The SMILES string of the molecule is CCOc1ccc(NC(=O)/C(C#N)=C/c2cc(Br)c(OCC(C)C)c(Br)c2)cc1. The van der Waals surface area contributed by atoms with E-state index in [1.54, 1.807) is 24.3 Å². The van der Waals surface area contributed by atoms with Crippen molar-refractivity contribution in [3.63, 3.8) is 0 Å². The number of nitriles is 1. The minimum Gasteiger partial charge on any atom is -0.494 e. The van der Waals surface area contributed by atoms with Crippen molar-refractivity contribution >= 4 is 49.5 Å². The lowest BCUT2D eigenvalue weighted by Crippen LogP contribution is -2.13. The molecule has 0 aliphatic rings. The molecule has 0 fully saturated rings. The number of carbonyl (C=O) groups is 1. The van der Waals surface area contributed by atoms with Crippen LogP contribution in [0, 0.1) is 17.2 Å². The van der Waals surface area contributed by atoms with Crippen LogP contribution in [0.15, 0.2) is 50.9 Å². The summed E-state index contributed by atoms with van der Waals surface area (Å²) in [6, 6.07) is 12.6. The Morgan fingerprint density at radius 1 is 1.17 bits per heavy atom. The zero-order chi connectivity index (χ0) is 21.4. The van der Waals surface area contributed by atoms with E-state index in [0.717, 1.165) is 14.7 Å². The summed E-state index contributed by atoms with van der Waals surface area (Å²) in [6.07, 6.45) is 1.53. The van der Waals surface area contributed by atoms with Gasteiger partial charge in [0, 0.05) is 5.69 Å². The number of amides is 1. The Morgan fingerprint density at radius 2 is 1.79 bits per heavy atom. The maximum absolute atomic E-state index is 12.5. The van der Waals surface area contributed by atoms with Crippen molar-refractivity contribution in [3.8, 4) is 17.6 Å². The zero-order valence-corrected chi connectivity index (χ0v) is 19.6. The molecule has 0 aliphatic carbocycles. The molecule has 0 aliphatic heterocycles. The number of rotatable bonds is 8. The molecular weight excluding hydrogens is 500 g/mol. The van der Waals surface area contributed by atoms with Crippen LogP contribution in [0.2, 0.25) is 0 Å². The molecule has 2 aromatic carbocycles. The van der Waals surface area contributed by atoms with E-state index < -0.39 is 5.91 Å². The van der Waals surface area contributed by atoms with E-state index in [2.05, 4.69) is 51.0 Å². The Labute approximate surface area is 188 Å². The lowest BCUT2D eigenvalue weighted by molar-refractivity contribution is -0.112. The molecule has 0 spiro atoms. The lowest BCUT2D eigenvalue weighted by atomic mass is 10.1. The minimum atomic E-state index is -0.482. The van der Waals surface area contributed by atoms with Gasteiger partial charge in [-0.25, -0.2) is 0 Å². The normalized spacial score (nSPS) is 11.1. The number of halogens is 2. The van der Waals surface area contributed by atoms with Crippen molar-refractivity contribution in [1.29, 1.82) is 5.26 Å². The Hall–Kier alpha value is -2.30. The van der Waals surface area contributed by atoms with Crippen molar-refractivity contribution in [2.75, 3.05) is 18.5 Å². The van der Waals surface area contributed by atoms with Crippen LogP contribution in [0.25, 0.3) is 6.08 Å². The van der Waals surface area contributed by atoms with Gasteiger partial charge in [0.05, 0.1) is 22.2 Å². The van der Waals surface area contributed by atoms with Crippen LogP contribution in [0.5, 0.6) is 11.5 Å². The van der Waals surface area contributed by atoms with Crippen LogP contribution in [-0.2, 0) is 4.79 Å². The van der Waals surface area contributed by atoms with Gasteiger partial charge in [0.1, 0.15) is 23.1 Å². The molecule has 1 amide bonds. The largest absolute Gasteiger partial charge is 0.494 e. The van der Waals surface area contributed by atoms with Gasteiger partial charge in [0.25, 0.3) is 5.91 Å². The fourth-order valence-electron chi connectivity index (χ4n) is 2.37. The maximum atomic E-state index is 12.5. The quantitative estimate of drug-likeness (QED) is 0.332. The van der Waals surface area contributed by atoms with Gasteiger partial charge in [-0.1, -0.05) is 13.8 Å². The van der Waals surface area contributed by atoms with E-state index in [9.17, 15) is 10.1 Å². The average molecular weight is 522 g/mol. The van der Waals surface area contributed by atoms with Crippen LogP contribution in [0.4, 0.5) is 5.69 Å². The molecule has 0 radical (unpaired) electrons. The first-order chi connectivity index (χ1) is 13.8. The van der Waals surface area contributed by atoms with E-state index in [1.165, 1.54) is 6.08 Å². The first kappa shape index (κ1) is 23.0. The number of nitrogens with zero attached hydrogens (tertiary/aromatic N) is 1. The third kappa shape index (κ3) is 6.91. The first-order valence-electron chi connectivity index (χ1n) is 9.11. The molecule has 2 aromatic rings. The fourth-order valence-corrected chi connectivity index (χ4v) is 3.82. The van der Waals surface area contributed by atoms with Gasteiger partial charge >= 0.3 is 0 Å². The third-order valence-electron chi connectivity index (χ3n) is 3.68. The van der Waals surface area contributed by atoms with Gasteiger partial charge in [0.15, 0.2) is 0 Å². The molecule has 0 saturated heterocycles. The predicted octanol–water partition coefficient (Wildman–Crippen LogP) is 6.19. The Balaban J connectivity index is 2.18. The number of carbonyl (C=O) groups excluding carboxylic acids is 1. The molecule has 0 aromatic heterocycles. The van der Waals surface area contributed by atoms with Crippen molar-refractivity contribution in [2.24, 2.45) is 5.92 Å². The smallest absolute Gasteiger partial charge is 0.266 e. The van der Waals surface area contributed by atoms with Gasteiger partial charge in [-0.3, -0.25) is 4.79 Å². The first-order valence-corrected chi connectivity index (χ1v) is 10.7. The van der Waals surface area contributed by atoms with Crippen LogP contribution in [-0.4, -0.2) is 19.1 Å². The summed E-state index contributed by atoms with van der Waals surface area (Å²) < 4.78 is 12.7. The third-order valence-corrected chi connectivity index (χ3v) is 4.86. The van der Waals surface area contributed by atoms with Gasteiger partial charge < -0.3 is 14.8 Å². The zero-order valence-electron chi connectivity index (χ0n) is 16.5. The Bertz CT molecular complexity index is 909. The molecular formula is C22H22Br2N2O3. The monoisotopic (exact) mass is 520 g/mol. The number of hydrogen-bond acceptors (Lipinski definition) is 4. The lowest BCUT2D eigenvalue weighted by Gasteiger charge is -2.13.